The Kier molecular flexibility index (Phi) is 5.47. The van der Waals surface area contributed by atoms with Crippen LogP contribution in [0.1, 0.15) is 35.5 Å². The molecule has 1 N–H and O–H groups in total. The van der Waals surface area contributed by atoms with Gasteiger partial charge in [-0.1, -0.05) is 23.8 Å². The van der Waals surface area contributed by atoms with E-state index in [4.69, 9.17) is 0 Å². The molecule has 0 fully saturated rings. The Labute approximate surface area is 145 Å². The summed E-state index contributed by atoms with van der Waals surface area (Å²) in [5.41, 5.74) is 3.32. The van der Waals surface area contributed by atoms with Crippen molar-refractivity contribution < 1.29 is 9.59 Å². The lowest BCUT2D eigenvalue weighted by atomic mass is 10.0. The number of hydrogen-bond donors (Lipinski definition) is 1. The van der Waals surface area contributed by atoms with E-state index in [9.17, 15) is 14.9 Å². The Balaban J connectivity index is 2.27. The first-order valence-corrected chi connectivity index (χ1v) is 8.48. The van der Waals surface area contributed by atoms with Gasteiger partial charge in [0.15, 0.2) is 5.92 Å². The van der Waals surface area contributed by atoms with Crippen molar-refractivity contribution >= 4 is 23.0 Å². The Morgan fingerprint density at radius 2 is 2.00 bits per heavy atom. The largest absolute Gasteiger partial charge is 0.352 e. The fourth-order valence-electron chi connectivity index (χ4n) is 2.32. The highest BCUT2D eigenvalue weighted by molar-refractivity contribution is 7.13. The highest BCUT2D eigenvalue weighted by Gasteiger charge is 2.29. The summed E-state index contributed by atoms with van der Waals surface area (Å²) < 4.78 is 0. The molecule has 124 valence electrons. The van der Waals surface area contributed by atoms with E-state index in [-0.39, 0.29) is 11.7 Å². The van der Waals surface area contributed by atoms with Gasteiger partial charge in [-0.25, -0.2) is 4.98 Å². The molecule has 24 heavy (non-hydrogen) atoms. The van der Waals surface area contributed by atoms with Gasteiger partial charge in [0.1, 0.15) is 10.7 Å². The second-order valence-electron chi connectivity index (χ2n) is 5.95. The molecule has 0 unspecified atom stereocenters. The maximum absolute atomic E-state index is 12.4. The third-order valence-corrected chi connectivity index (χ3v) is 4.33. The summed E-state index contributed by atoms with van der Waals surface area (Å²) in [6, 6.07) is 7.64. The summed E-state index contributed by atoms with van der Waals surface area (Å²) in [4.78, 5) is 28.8. The van der Waals surface area contributed by atoms with Gasteiger partial charge in [0, 0.05) is 17.0 Å². The molecule has 0 spiro atoms. The molecule has 0 aliphatic carbocycles. The molecular formula is C18H19N3O2S. The molecule has 1 atom stereocenters. The second-order valence-corrected chi connectivity index (χ2v) is 6.80. The van der Waals surface area contributed by atoms with Crippen LogP contribution in [0.4, 0.5) is 0 Å². The summed E-state index contributed by atoms with van der Waals surface area (Å²) in [6.45, 7) is 7.55. The van der Waals surface area contributed by atoms with Crippen molar-refractivity contribution in [3.05, 3.63) is 40.4 Å². The Hall–Kier alpha value is -2.52. The van der Waals surface area contributed by atoms with E-state index in [2.05, 4.69) is 10.3 Å². The van der Waals surface area contributed by atoms with Crippen molar-refractivity contribution in [3.63, 3.8) is 0 Å². The Bertz CT molecular complexity index is 818. The molecule has 1 heterocycles. The maximum Gasteiger partial charge on any atom is 0.245 e. The normalized spacial score (nSPS) is 11.8. The summed E-state index contributed by atoms with van der Waals surface area (Å²) in [7, 11) is 0. The predicted molar refractivity (Wildman–Crippen MR) is 93.7 cm³/mol. The van der Waals surface area contributed by atoms with Crippen LogP contribution in [-0.4, -0.2) is 22.7 Å². The van der Waals surface area contributed by atoms with Crippen LogP contribution in [0.15, 0.2) is 23.6 Å². The second kappa shape index (κ2) is 7.37. The molecule has 0 saturated heterocycles. The van der Waals surface area contributed by atoms with Crippen LogP contribution in [0.5, 0.6) is 0 Å². The molecule has 5 nitrogen and oxygen atoms in total. The van der Waals surface area contributed by atoms with Gasteiger partial charge in [-0.2, -0.15) is 5.26 Å². The van der Waals surface area contributed by atoms with Crippen molar-refractivity contribution in [2.45, 2.75) is 33.7 Å². The topological polar surface area (TPSA) is 82.8 Å². The number of benzene rings is 1. The number of nitrogens with one attached hydrogen (secondary N) is 1. The molecule has 2 rings (SSSR count). The van der Waals surface area contributed by atoms with Crippen LogP contribution in [0.2, 0.25) is 0 Å². The molecule has 0 bridgehead atoms. The number of nitriles is 1. The van der Waals surface area contributed by atoms with E-state index in [1.165, 1.54) is 11.3 Å². The van der Waals surface area contributed by atoms with Crippen LogP contribution in [0.25, 0.3) is 10.6 Å². The standard InChI is InChI=1S/C18H19N3O2S/c1-10(2)20-17(23)14(8-19)16(22)15-9-24-18(21-15)13-6-5-11(3)7-12(13)4/h5-7,9-10,14H,1-4H3,(H,20,23)/t14-/m1/s1. The van der Waals surface area contributed by atoms with Gasteiger partial charge in [0.25, 0.3) is 0 Å². The minimum atomic E-state index is -1.37. The molecular weight excluding hydrogens is 322 g/mol. The smallest absolute Gasteiger partial charge is 0.245 e. The zero-order valence-corrected chi connectivity index (χ0v) is 14.9. The molecule has 1 amide bonds. The van der Waals surface area contributed by atoms with Gasteiger partial charge in [-0.3, -0.25) is 9.59 Å². The highest BCUT2D eigenvalue weighted by Crippen LogP contribution is 2.28. The van der Waals surface area contributed by atoms with E-state index in [1.54, 1.807) is 25.3 Å². The Morgan fingerprint density at radius 1 is 1.29 bits per heavy atom. The summed E-state index contributed by atoms with van der Waals surface area (Å²) in [5, 5.41) is 14.1. The number of Topliss-reactive ketones (excluding diaryl/α,β-unsaturated/α-hetero) is 1. The number of carbonyl (C=O) groups excluding carboxylic acids is 2. The minimum Gasteiger partial charge on any atom is -0.352 e. The predicted octanol–water partition coefficient (Wildman–Crippen LogP) is 3.27. The zero-order valence-electron chi connectivity index (χ0n) is 14.1. The number of amides is 1. The number of ketones is 1. The average molecular weight is 341 g/mol. The van der Waals surface area contributed by atoms with Gasteiger partial charge in [0.2, 0.25) is 11.7 Å². The van der Waals surface area contributed by atoms with E-state index in [0.29, 0.717) is 5.01 Å². The van der Waals surface area contributed by atoms with Crippen molar-refractivity contribution in [2.75, 3.05) is 0 Å². The first-order valence-electron chi connectivity index (χ1n) is 7.61. The number of rotatable bonds is 5. The Morgan fingerprint density at radius 3 is 2.58 bits per heavy atom. The lowest BCUT2D eigenvalue weighted by Crippen LogP contribution is -2.38. The van der Waals surface area contributed by atoms with Crippen molar-refractivity contribution in [2.24, 2.45) is 5.92 Å². The highest BCUT2D eigenvalue weighted by atomic mass is 32.1. The lowest BCUT2D eigenvalue weighted by molar-refractivity contribution is -0.122. The summed E-state index contributed by atoms with van der Waals surface area (Å²) >= 11 is 1.33. The fourth-order valence-corrected chi connectivity index (χ4v) is 3.22. The SMILES string of the molecule is Cc1ccc(-c2nc(C(=O)[C@@H](C#N)C(=O)NC(C)C)cs2)c(C)c1. The first-order chi connectivity index (χ1) is 11.3. The van der Waals surface area contributed by atoms with Gasteiger partial charge < -0.3 is 5.32 Å². The van der Waals surface area contributed by atoms with Crippen molar-refractivity contribution in [1.29, 1.82) is 5.26 Å². The molecule has 0 saturated carbocycles. The minimum absolute atomic E-state index is 0.137. The van der Waals surface area contributed by atoms with Crippen molar-refractivity contribution in [3.8, 4) is 16.6 Å². The van der Waals surface area contributed by atoms with Crippen LogP contribution in [0, 0.1) is 31.1 Å². The van der Waals surface area contributed by atoms with Crippen LogP contribution in [-0.2, 0) is 4.79 Å². The maximum atomic E-state index is 12.4. The van der Waals surface area contributed by atoms with Gasteiger partial charge in [-0.05, 0) is 33.3 Å². The monoisotopic (exact) mass is 341 g/mol. The van der Waals surface area contributed by atoms with Crippen molar-refractivity contribution in [1.82, 2.24) is 10.3 Å². The molecule has 0 radical (unpaired) electrons. The van der Waals surface area contributed by atoms with E-state index >= 15 is 0 Å². The van der Waals surface area contributed by atoms with E-state index < -0.39 is 17.6 Å². The zero-order chi connectivity index (χ0) is 17.9. The molecule has 1 aromatic carbocycles. The van der Waals surface area contributed by atoms with E-state index in [1.807, 2.05) is 32.0 Å². The van der Waals surface area contributed by atoms with Crippen LogP contribution < -0.4 is 5.32 Å². The summed E-state index contributed by atoms with van der Waals surface area (Å²) in [6.07, 6.45) is 0. The number of carbonyl (C=O) groups is 2. The quantitative estimate of drug-likeness (QED) is 0.668. The lowest BCUT2D eigenvalue weighted by Gasteiger charge is -2.10. The number of aryl methyl sites for hydroxylation is 2. The van der Waals surface area contributed by atoms with Gasteiger partial charge in [-0.15, -0.1) is 11.3 Å². The van der Waals surface area contributed by atoms with E-state index in [0.717, 1.165) is 16.7 Å². The number of hydrogen-bond acceptors (Lipinski definition) is 5. The summed E-state index contributed by atoms with van der Waals surface area (Å²) in [5.74, 6) is -2.53. The molecule has 6 heteroatoms. The third kappa shape index (κ3) is 3.87. The average Bonchev–Trinajstić information content (AvgIpc) is 2.96. The number of aromatic nitrogens is 1. The van der Waals surface area contributed by atoms with Gasteiger partial charge >= 0.3 is 0 Å². The van der Waals surface area contributed by atoms with Gasteiger partial charge in [0.05, 0.1) is 6.07 Å². The molecule has 2 aromatic rings. The van der Waals surface area contributed by atoms with Crippen LogP contribution >= 0.6 is 11.3 Å². The number of nitrogens with zero attached hydrogens (tertiary/aromatic N) is 2. The molecule has 1 aromatic heterocycles. The molecule has 0 aliphatic heterocycles. The third-order valence-electron chi connectivity index (χ3n) is 3.45. The first kappa shape index (κ1) is 17.8. The van der Waals surface area contributed by atoms with Crippen LogP contribution in [0.3, 0.4) is 0 Å². The fraction of sp³-hybridized carbons (Fsp3) is 0.333. The molecule has 0 aliphatic rings. The number of thiazole rings is 1.